The van der Waals surface area contributed by atoms with Crippen molar-refractivity contribution in [1.29, 1.82) is 0 Å². The second kappa shape index (κ2) is 2.98. The topological polar surface area (TPSA) is 30.8 Å². The van der Waals surface area contributed by atoms with Crippen LogP contribution in [0.2, 0.25) is 0 Å². The Morgan fingerprint density at radius 1 is 1.46 bits per heavy atom. The summed E-state index contributed by atoms with van der Waals surface area (Å²) in [6.07, 6.45) is 0. The Morgan fingerprint density at radius 3 is 2.31 bits per heavy atom. The lowest BCUT2D eigenvalue weighted by atomic mass is 9.86. The largest absolute Gasteiger partial charge is 0.473 e. The molecular formula is C10H19NO2. The molecule has 0 N–H and O–H groups in total. The van der Waals surface area contributed by atoms with Gasteiger partial charge in [-0.2, -0.15) is 0 Å². The highest BCUT2D eigenvalue weighted by atomic mass is 16.5. The predicted octanol–water partition coefficient (Wildman–Crippen LogP) is 2.01. The van der Waals surface area contributed by atoms with E-state index in [0.29, 0.717) is 0 Å². The van der Waals surface area contributed by atoms with Crippen LogP contribution in [0.4, 0.5) is 0 Å². The first-order valence-corrected chi connectivity index (χ1v) is 4.58. The molecule has 13 heavy (non-hydrogen) atoms. The smallest absolute Gasteiger partial charge is 0.181 e. The van der Waals surface area contributed by atoms with Gasteiger partial charge in [0.1, 0.15) is 11.6 Å². The van der Waals surface area contributed by atoms with Crippen LogP contribution >= 0.6 is 0 Å². The number of ether oxygens (including phenoxy) is 2. The number of hydrogen-bond donors (Lipinski definition) is 0. The summed E-state index contributed by atoms with van der Waals surface area (Å²) >= 11 is 0. The van der Waals surface area contributed by atoms with Crippen molar-refractivity contribution in [3.05, 3.63) is 0 Å². The number of methoxy groups -OCH3 is 1. The van der Waals surface area contributed by atoms with Crippen molar-refractivity contribution in [2.45, 2.75) is 51.9 Å². The maximum Gasteiger partial charge on any atom is 0.181 e. The second-order valence-electron chi connectivity index (χ2n) is 4.56. The van der Waals surface area contributed by atoms with Crippen LogP contribution < -0.4 is 0 Å². The monoisotopic (exact) mass is 185 g/mol. The summed E-state index contributed by atoms with van der Waals surface area (Å²) in [5.74, 6) is 0.750. The van der Waals surface area contributed by atoms with Crippen LogP contribution in [0.3, 0.4) is 0 Å². The first-order chi connectivity index (χ1) is 5.79. The summed E-state index contributed by atoms with van der Waals surface area (Å²) < 4.78 is 11.0. The van der Waals surface area contributed by atoms with Crippen LogP contribution in [-0.2, 0) is 9.47 Å². The molecule has 0 aromatic rings. The van der Waals surface area contributed by atoms with E-state index < -0.39 is 0 Å². The quantitative estimate of drug-likeness (QED) is 0.659. The summed E-state index contributed by atoms with van der Waals surface area (Å²) in [5.41, 5.74) is -0.537. The standard InChI is InChI=1S/C10H19NO2/c1-7-11-8(9(2,3)12-6)10(4,5)13-7/h8H,1-6H3/t8-/m1/s1. The molecule has 0 bridgehead atoms. The summed E-state index contributed by atoms with van der Waals surface area (Å²) in [4.78, 5) is 4.45. The number of aliphatic imine (C=N–C) groups is 1. The molecule has 0 saturated heterocycles. The van der Waals surface area contributed by atoms with Crippen molar-refractivity contribution in [2.24, 2.45) is 4.99 Å². The fraction of sp³-hybridized carbons (Fsp3) is 0.900. The van der Waals surface area contributed by atoms with Gasteiger partial charge in [0, 0.05) is 14.0 Å². The lowest BCUT2D eigenvalue weighted by Gasteiger charge is -2.35. The molecule has 76 valence electrons. The minimum atomic E-state index is -0.277. The molecule has 0 aromatic carbocycles. The summed E-state index contributed by atoms with van der Waals surface area (Å²) in [6.45, 7) is 10.0. The van der Waals surface area contributed by atoms with E-state index in [0.717, 1.165) is 5.90 Å². The van der Waals surface area contributed by atoms with Gasteiger partial charge in [-0.15, -0.1) is 0 Å². The highest BCUT2D eigenvalue weighted by Gasteiger charge is 2.46. The van der Waals surface area contributed by atoms with E-state index >= 15 is 0 Å². The average molecular weight is 185 g/mol. The van der Waals surface area contributed by atoms with E-state index in [4.69, 9.17) is 9.47 Å². The molecule has 0 aromatic heterocycles. The third kappa shape index (κ3) is 1.85. The van der Waals surface area contributed by atoms with Crippen molar-refractivity contribution in [1.82, 2.24) is 0 Å². The lowest BCUT2D eigenvalue weighted by molar-refractivity contribution is -0.0494. The maximum atomic E-state index is 5.62. The Bertz CT molecular complexity index is 231. The Kier molecular flexibility index (Phi) is 2.41. The molecule has 0 radical (unpaired) electrons. The molecule has 0 unspecified atom stereocenters. The fourth-order valence-electron chi connectivity index (χ4n) is 1.90. The van der Waals surface area contributed by atoms with E-state index in [2.05, 4.69) is 4.99 Å². The predicted molar refractivity (Wildman–Crippen MR) is 53.1 cm³/mol. The van der Waals surface area contributed by atoms with Gasteiger partial charge < -0.3 is 9.47 Å². The maximum absolute atomic E-state index is 5.62. The Balaban J connectivity index is 2.91. The molecule has 1 aliphatic rings. The molecule has 0 saturated carbocycles. The van der Waals surface area contributed by atoms with Crippen LogP contribution in [-0.4, -0.2) is 30.3 Å². The summed E-state index contributed by atoms with van der Waals surface area (Å²) in [7, 11) is 1.71. The molecule has 1 atom stereocenters. The Labute approximate surface area is 80.1 Å². The van der Waals surface area contributed by atoms with Gasteiger partial charge in [0.2, 0.25) is 0 Å². The molecule has 1 aliphatic heterocycles. The highest BCUT2D eigenvalue weighted by molar-refractivity contribution is 5.76. The summed E-state index contributed by atoms with van der Waals surface area (Å²) in [6, 6.07) is 0.0602. The third-order valence-corrected chi connectivity index (χ3v) is 2.56. The van der Waals surface area contributed by atoms with Crippen molar-refractivity contribution in [3.63, 3.8) is 0 Å². The van der Waals surface area contributed by atoms with Gasteiger partial charge in [0.15, 0.2) is 5.90 Å². The van der Waals surface area contributed by atoms with E-state index in [1.54, 1.807) is 7.11 Å². The Morgan fingerprint density at radius 2 is 2.00 bits per heavy atom. The molecule has 3 heteroatoms. The molecule has 1 rings (SSSR count). The average Bonchev–Trinajstić information content (AvgIpc) is 2.25. The third-order valence-electron chi connectivity index (χ3n) is 2.56. The van der Waals surface area contributed by atoms with Crippen LogP contribution in [0, 0.1) is 0 Å². The molecular weight excluding hydrogens is 166 g/mol. The SMILES string of the molecule is COC(C)(C)[C@H]1N=C(C)OC1(C)C. The van der Waals surface area contributed by atoms with Gasteiger partial charge in [-0.05, 0) is 27.7 Å². The minimum Gasteiger partial charge on any atom is -0.473 e. The van der Waals surface area contributed by atoms with E-state index in [1.165, 1.54) is 0 Å². The molecule has 0 amide bonds. The number of nitrogens with zero attached hydrogens (tertiary/aromatic N) is 1. The van der Waals surface area contributed by atoms with Gasteiger partial charge in [-0.3, -0.25) is 0 Å². The number of rotatable bonds is 2. The highest BCUT2D eigenvalue weighted by Crippen LogP contribution is 2.34. The zero-order valence-electron chi connectivity index (χ0n) is 9.34. The first kappa shape index (κ1) is 10.5. The van der Waals surface area contributed by atoms with Gasteiger partial charge in [-0.1, -0.05) is 0 Å². The molecule has 0 spiro atoms. The van der Waals surface area contributed by atoms with Crippen molar-refractivity contribution in [2.75, 3.05) is 7.11 Å². The second-order valence-corrected chi connectivity index (χ2v) is 4.56. The zero-order valence-corrected chi connectivity index (χ0v) is 9.34. The zero-order chi connectivity index (χ0) is 10.3. The Hall–Kier alpha value is -0.570. The van der Waals surface area contributed by atoms with Crippen molar-refractivity contribution in [3.8, 4) is 0 Å². The van der Waals surface area contributed by atoms with E-state index in [1.807, 2.05) is 34.6 Å². The molecule has 0 fully saturated rings. The lowest BCUT2D eigenvalue weighted by Crippen LogP contribution is -2.48. The van der Waals surface area contributed by atoms with Crippen molar-refractivity contribution >= 4 is 5.90 Å². The molecule has 3 nitrogen and oxygen atoms in total. The fourth-order valence-corrected chi connectivity index (χ4v) is 1.90. The van der Waals surface area contributed by atoms with Crippen LogP contribution in [0.15, 0.2) is 4.99 Å². The molecule has 0 aliphatic carbocycles. The minimum absolute atomic E-state index is 0.0602. The van der Waals surface area contributed by atoms with Gasteiger partial charge in [-0.25, -0.2) is 4.99 Å². The first-order valence-electron chi connectivity index (χ1n) is 4.58. The van der Waals surface area contributed by atoms with Crippen LogP contribution in [0.5, 0.6) is 0 Å². The van der Waals surface area contributed by atoms with Crippen LogP contribution in [0.25, 0.3) is 0 Å². The van der Waals surface area contributed by atoms with Gasteiger partial charge in [0.05, 0.1) is 5.60 Å². The van der Waals surface area contributed by atoms with Crippen molar-refractivity contribution < 1.29 is 9.47 Å². The summed E-state index contributed by atoms with van der Waals surface area (Å²) in [5, 5.41) is 0. The van der Waals surface area contributed by atoms with Gasteiger partial charge in [0.25, 0.3) is 0 Å². The molecule has 1 heterocycles. The van der Waals surface area contributed by atoms with Crippen LogP contribution in [0.1, 0.15) is 34.6 Å². The number of hydrogen-bond acceptors (Lipinski definition) is 3. The normalized spacial score (nSPS) is 26.9. The van der Waals surface area contributed by atoms with E-state index in [9.17, 15) is 0 Å². The van der Waals surface area contributed by atoms with Gasteiger partial charge >= 0.3 is 0 Å². The van der Waals surface area contributed by atoms with E-state index in [-0.39, 0.29) is 17.2 Å².